The summed E-state index contributed by atoms with van der Waals surface area (Å²) in [4.78, 5) is 11.0. The predicted octanol–water partition coefficient (Wildman–Crippen LogP) is 3.79. The Bertz CT molecular complexity index is 709. The molecule has 2 rings (SSSR count). The quantitative estimate of drug-likeness (QED) is 0.588. The van der Waals surface area contributed by atoms with Crippen molar-refractivity contribution in [1.29, 1.82) is 0 Å². The van der Waals surface area contributed by atoms with Crippen LogP contribution in [0.2, 0.25) is 0 Å². The number of nitrogen functional groups attached to an aromatic ring is 1. The summed E-state index contributed by atoms with van der Waals surface area (Å²) in [6.45, 7) is 3.98. The predicted molar refractivity (Wildman–Crippen MR) is 84.2 cm³/mol. The highest BCUT2D eigenvalue weighted by Crippen LogP contribution is 2.30. The normalized spacial score (nSPS) is 10.8. The molecule has 108 valence electrons. The third kappa shape index (κ3) is 3.79. The molecule has 0 atom stereocenters. The largest absolute Gasteiger partial charge is 0.399 e. The minimum Gasteiger partial charge on any atom is -0.399 e. The number of amides is 2. The number of nitrogens with one attached hydrogen (secondary N) is 1. The standard InChI is InChI=1S/C15H17N5O/c1-9-3-5-12(10(2)7-9)19-20-13-6-4-11(16)8-14(13)18-15(17)21/h3-8H,16H2,1-2H3,(H3,17,18,21). The number of nitrogens with zero attached hydrogens (tertiary/aromatic N) is 2. The Hall–Kier alpha value is -2.89. The molecule has 2 aromatic carbocycles. The molecule has 0 saturated heterocycles. The van der Waals surface area contributed by atoms with Crippen molar-refractivity contribution in [3.8, 4) is 0 Å². The molecule has 2 aromatic rings. The Morgan fingerprint density at radius 3 is 2.38 bits per heavy atom. The van der Waals surface area contributed by atoms with Crippen LogP contribution in [0.25, 0.3) is 0 Å². The second-order valence-electron chi connectivity index (χ2n) is 4.76. The lowest BCUT2D eigenvalue weighted by atomic mass is 10.1. The van der Waals surface area contributed by atoms with Crippen LogP contribution in [-0.4, -0.2) is 6.03 Å². The first kappa shape index (κ1) is 14.5. The van der Waals surface area contributed by atoms with Gasteiger partial charge in [-0.15, -0.1) is 5.11 Å². The first-order valence-corrected chi connectivity index (χ1v) is 6.40. The number of nitrogens with two attached hydrogens (primary N) is 2. The molecule has 2 amide bonds. The minimum absolute atomic E-state index is 0.427. The average Bonchev–Trinajstić information content (AvgIpc) is 2.39. The fourth-order valence-corrected chi connectivity index (χ4v) is 1.90. The maximum Gasteiger partial charge on any atom is 0.316 e. The van der Waals surface area contributed by atoms with E-state index >= 15 is 0 Å². The van der Waals surface area contributed by atoms with Gasteiger partial charge in [0.25, 0.3) is 0 Å². The first-order valence-electron chi connectivity index (χ1n) is 6.40. The number of hydrogen-bond acceptors (Lipinski definition) is 4. The Morgan fingerprint density at radius 1 is 1.05 bits per heavy atom. The Morgan fingerprint density at radius 2 is 1.71 bits per heavy atom. The van der Waals surface area contributed by atoms with Gasteiger partial charge < -0.3 is 16.8 Å². The van der Waals surface area contributed by atoms with E-state index in [1.165, 1.54) is 0 Å². The monoisotopic (exact) mass is 283 g/mol. The topological polar surface area (TPSA) is 106 Å². The summed E-state index contributed by atoms with van der Waals surface area (Å²) in [6.07, 6.45) is 0. The van der Waals surface area contributed by atoms with Gasteiger partial charge >= 0.3 is 6.03 Å². The van der Waals surface area contributed by atoms with Gasteiger partial charge in [0.15, 0.2) is 0 Å². The van der Waals surface area contributed by atoms with E-state index in [0.717, 1.165) is 16.8 Å². The van der Waals surface area contributed by atoms with Gasteiger partial charge in [0.2, 0.25) is 0 Å². The van der Waals surface area contributed by atoms with Crippen LogP contribution in [0.3, 0.4) is 0 Å². The second kappa shape index (κ2) is 6.04. The summed E-state index contributed by atoms with van der Waals surface area (Å²) < 4.78 is 0. The summed E-state index contributed by atoms with van der Waals surface area (Å²) in [5.41, 5.74) is 15.2. The van der Waals surface area contributed by atoms with Gasteiger partial charge in [-0.25, -0.2) is 4.79 Å². The molecule has 5 N–H and O–H groups in total. The van der Waals surface area contributed by atoms with Gasteiger partial charge in [-0.05, 0) is 43.7 Å². The second-order valence-corrected chi connectivity index (χ2v) is 4.76. The molecule has 0 aliphatic rings. The SMILES string of the molecule is Cc1ccc(N=Nc2ccc(N)cc2NC(N)=O)c(C)c1. The van der Waals surface area contributed by atoms with E-state index in [4.69, 9.17) is 11.5 Å². The highest BCUT2D eigenvalue weighted by Gasteiger charge is 2.05. The number of hydrogen-bond donors (Lipinski definition) is 3. The van der Waals surface area contributed by atoms with Gasteiger partial charge in [-0.1, -0.05) is 17.7 Å². The number of carbonyl (C=O) groups is 1. The Balaban J connectivity index is 2.34. The van der Waals surface area contributed by atoms with Crippen LogP contribution in [0.5, 0.6) is 0 Å². The molecule has 0 radical (unpaired) electrons. The summed E-state index contributed by atoms with van der Waals surface area (Å²) in [7, 11) is 0. The van der Waals surface area contributed by atoms with Crippen molar-refractivity contribution in [3.05, 3.63) is 47.5 Å². The number of rotatable bonds is 3. The maximum atomic E-state index is 11.0. The van der Waals surface area contributed by atoms with Crippen molar-refractivity contribution in [2.24, 2.45) is 16.0 Å². The van der Waals surface area contributed by atoms with Crippen LogP contribution in [-0.2, 0) is 0 Å². The van der Waals surface area contributed by atoms with Gasteiger partial charge in [0, 0.05) is 5.69 Å². The lowest BCUT2D eigenvalue weighted by molar-refractivity contribution is 0.259. The van der Waals surface area contributed by atoms with Crippen molar-refractivity contribution in [2.75, 3.05) is 11.1 Å². The molecular weight excluding hydrogens is 266 g/mol. The van der Waals surface area contributed by atoms with Crippen molar-refractivity contribution >= 4 is 28.8 Å². The van der Waals surface area contributed by atoms with Crippen molar-refractivity contribution in [3.63, 3.8) is 0 Å². The molecule has 0 aromatic heterocycles. The number of azo groups is 1. The van der Waals surface area contributed by atoms with Crippen LogP contribution in [0, 0.1) is 13.8 Å². The third-order valence-corrected chi connectivity index (χ3v) is 2.90. The molecular formula is C15H17N5O. The number of aryl methyl sites for hydroxylation is 2. The highest BCUT2D eigenvalue weighted by atomic mass is 16.2. The van der Waals surface area contributed by atoms with Crippen LogP contribution < -0.4 is 16.8 Å². The molecule has 0 aliphatic carbocycles. The summed E-state index contributed by atoms with van der Waals surface area (Å²) in [5.74, 6) is 0. The Labute approximate surface area is 122 Å². The number of urea groups is 1. The summed E-state index contributed by atoms with van der Waals surface area (Å²) in [5, 5.41) is 10.8. The lowest BCUT2D eigenvalue weighted by Crippen LogP contribution is -2.19. The summed E-state index contributed by atoms with van der Waals surface area (Å²) >= 11 is 0. The van der Waals surface area contributed by atoms with Crippen LogP contribution in [0.1, 0.15) is 11.1 Å². The number of carbonyl (C=O) groups excluding carboxylic acids is 1. The fourth-order valence-electron chi connectivity index (χ4n) is 1.90. The zero-order chi connectivity index (χ0) is 15.4. The third-order valence-electron chi connectivity index (χ3n) is 2.90. The van der Waals surface area contributed by atoms with Gasteiger partial charge in [-0.2, -0.15) is 5.11 Å². The van der Waals surface area contributed by atoms with Gasteiger partial charge in [-0.3, -0.25) is 0 Å². The van der Waals surface area contributed by atoms with E-state index in [1.54, 1.807) is 18.2 Å². The van der Waals surface area contributed by atoms with Gasteiger partial charge in [0.1, 0.15) is 5.69 Å². The smallest absolute Gasteiger partial charge is 0.316 e. The van der Waals surface area contributed by atoms with Crippen LogP contribution >= 0.6 is 0 Å². The Kier molecular flexibility index (Phi) is 4.18. The van der Waals surface area contributed by atoms with Crippen LogP contribution in [0.15, 0.2) is 46.6 Å². The average molecular weight is 283 g/mol. The molecule has 0 saturated carbocycles. The molecule has 0 aliphatic heterocycles. The zero-order valence-corrected chi connectivity index (χ0v) is 11.9. The zero-order valence-electron chi connectivity index (χ0n) is 11.9. The molecule has 0 bridgehead atoms. The van der Waals surface area contributed by atoms with E-state index in [1.807, 2.05) is 32.0 Å². The highest BCUT2D eigenvalue weighted by molar-refractivity contribution is 5.92. The minimum atomic E-state index is -0.677. The summed E-state index contributed by atoms with van der Waals surface area (Å²) in [6, 6.07) is 10.2. The van der Waals surface area contributed by atoms with Crippen molar-refractivity contribution in [1.82, 2.24) is 0 Å². The van der Waals surface area contributed by atoms with Gasteiger partial charge in [0.05, 0.1) is 11.4 Å². The van der Waals surface area contributed by atoms with Crippen molar-refractivity contribution < 1.29 is 4.79 Å². The number of primary amides is 1. The van der Waals surface area contributed by atoms with Crippen molar-refractivity contribution in [2.45, 2.75) is 13.8 Å². The van der Waals surface area contributed by atoms with E-state index in [0.29, 0.717) is 17.1 Å². The molecule has 6 heteroatoms. The first-order chi connectivity index (χ1) is 9.95. The molecule has 0 fully saturated rings. The van der Waals surface area contributed by atoms with Crippen LogP contribution in [0.4, 0.5) is 27.5 Å². The molecule has 0 unspecified atom stereocenters. The van der Waals surface area contributed by atoms with E-state index in [9.17, 15) is 4.79 Å². The van der Waals surface area contributed by atoms with E-state index in [2.05, 4.69) is 15.5 Å². The molecule has 0 spiro atoms. The lowest BCUT2D eigenvalue weighted by Gasteiger charge is -2.06. The molecule has 0 heterocycles. The molecule has 6 nitrogen and oxygen atoms in total. The fraction of sp³-hybridized carbons (Fsp3) is 0.133. The van der Waals surface area contributed by atoms with E-state index < -0.39 is 6.03 Å². The number of benzene rings is 2. The molecule has 21 heavy (non-hydrogen) atoms. The van der Waals surface area contributed by atoms with E-state index in [-0.39, 0.29) is 0 Å². The number of anilines is 2. The maximum absolute atomic E-state index is 11.0.